The minimum atomic E-state index is -0.786. The van der Waals surface area contributed by atoms with Crippen molar-refractivity contribution in [1.29, 1.82) is 0 Å². The smallest absolute Gasteiger partial charge is 0.306 e. The van der Waals surface area contributed by atoms with E-state index in [-0.39, 0.29) is 31.1 Å². The van der Waals surface area contributed by atoms with E-state index in [1.54, 1.807) is 0 Å². The molecule has 0 aromatic carbocycles. The predicted octanol–water partition coefficient (Wildman–Crippen LogP) is 22.3. The average molecular weight is 1060 g/mol. The highest BCUT2D eigenvalue weighted by Gasteiger charge is 2.19. The van der Waals surface area contributed by atoms with E-state index in [2.05, 4.69) is 106 Å². The molecule has 0 radical (unpaired) electrons. The van der Waals surface area contributed by atoms with Gasteiger partial charge in [-0.05, 0) is 96.3 Å². The fourth-order valence-corrected chi connectivity index (χ4v) is 9.27. The van der Waals surface area contributed by atoms with E-state index in [9.17, 15) is 14.4 Å². The summed E-state index contributed by atoms with van der Waals surface area (Å²) >= 11 is 0. The maximum absolute atomic E-state index is 12.8. The summed E-state index contributed by atoms with van der Waals surface area (Å²) in [5.41, 5.74) is 0. The van der Waals surface area contributed by atoms with Crippen LogP contribution in [0.15, 0.2) is 85.1 Å². The first-order valence-corrected chi connectivity index (χ1v) is 32.6. The molecule has 0 heterocycles. The van der Waals surface area contributed by atoms with Crippen LogP contribution in [0.25, 0.3) is 0 Å². The molecule has 6 nitrogen and oxygen atoms in total. The number of hydrogen-bond donors (Lipinski definition) is 0. The van der Waals surface area contributed by atoms with Crippen molar-refractivity contribution >= 4 is 17.9 Å². The Bertz CT molecular complexity index is 1450. The minimum Gasteiger partial charge on any atom is -0.462 e. The van der Waals surface area contributed by atoms with Gasteiger partial charge in [0.1, 0.15) is 13.2 Å². The first kappa shape index (κ1) is 72.6. The Morgan fingerprint density at radius 2 is 0.513 bits per heavy atom. The summed E-state index contributed by atoms with van der Waals surface area (Å²) in [5.74, 6) is -0.901. The molecule has 0 aliphatic heterocycles. The van der Waals surface area contributed by atoms with Gasteiger partial charge in [-0.25, -0.2) is 0 Å². The lowest BCUT2D eigenvalue weighted by molar-refractivity contribution is -0.167. The van der Waals surface area contributed by atoms with Gasteiger partial charge in [0.05, 0.1) is 0 Å². The SMILES string of the molecule is CC/C=C\C/C=C\C/C=C\C/C=C\CCCCCCC(=O)OC(COC(=O)CCCCCCCCCC)COC(=O)CCCCCCCCCCCCCCCCCCCC/C=C\C/C=C\C/C=C\CCCCCCC. The average Bonchev–Trinajstić information content (AvgIpc) is 3.42. The monoisotopic (exact) mass is 1060 g/mol. The van der Waals surface area contributed by atoms with E-state index in [4.69, 9.17) is 14.2 Å². The van der Waals surface area contributed by atoms with Crippen molar-refractivity contribution in [2.24, 2.45) is 0 Å². The third-order valence-electron chi connectivity index (χ3n) is 14.1. The van der Waals surface area contributed by atoms with Crippen LogP contribution in [0.5, 0.6) is 0 Å². The standard InChI is InChI=1S/C70H122O6/c1-4-7-10-13-16-19-21-23-25-27-28-29-30-31-32-33-34-35-36-37-38-39-40-41-42-44-45-47-49-51-54-57-60-63-69(72)75-66-67(65-74-68(71)62-59-56-53-18-15-12-9-6-3)76-70(73)64-61-58-55-52-50-48-46-43-26-24-22-20-17-14-11-8-5-2/h8,11,17,20-21,23-24,26-28,30-31,46,48,67H,4-7,9-10,12-16,18-19,22,25,29,32-45,47,49-66H2,1-3H3/b11-8-,20-17-,23-21-,26-24-,28-27-,31-30-,48-46-. The topological polar surface area (TPSA) is 78.9 Å². The molecular weight excluding hydrogens is 937 g/mol. The summed E-state index contributed by atoms with van der Waals surface area (Å²) in [4.78, 5) is 38.1. The quantitative estimate of drug-likeness (QED) is 0.0261. The number of carbonyl (C=O) groups is 3. The highest BCUT2D eigenvalue weighted by molar-refractivity contribution is 5.71. The van der Waals surface area contributed by atoms with Gasteiger partial charge >= 0.3 is 17.9 Å². The minimum absolute atomic E-state index is 0.0833. The Labute approximate surface area is 471 Å². The predicted molar refractivity (Wildman–Crippen MR) is 330 cm³/mol. The first-order chi connectivity index (χ1) is 37.5. The molecule has 0 aliphatic carbocycles. The van der Waals surface area contributed by atoms with E-state index in [1.807, 2.05) is 0 Å². The molecule has 438 valence electrons. The van der Waals surface area contributed by atoms with Crippen molar-refractivity contribution in [2.45, 2.75) is 329 Å². The summed E-state index contributed by atoms with van der Waals surface area (Å²) in [7, 11) is 0. The van der Waals surface area contributed by atoms with Gasteiger partial charge in [0, 0.05) is 19.3 Å². The van der Waals surface area contributed by atoms with Crippen LogP contribution >= 0.6 is 0 Å². The van der Waals surface area contributed by atoms with E-state index >= 15 is 0 Å². The van der Waals surface area contributed by atoms with Crippen molar-refractivity contribution < 1.29 is 28.6 Å². The third kappa shape index (κ3) is 61.4. The first-order valence-electron chi connectivity index (χ1n) is 32.6. The van der Waals surface area contributed by atoms with Crippen molar-refractivity contribution in [1.82, 2.24) is 0 Å². The second-order valence-corrected chi connectivity index (χ2v) is 21.6. The molecule has 0 saturated carbocycles. The van der Waals surface area contributed by atoms with Gasteiger partial charge in [-0.1, -0.05) is 292 Å². The van der Waals surface area contributed by atoms with Crippen molar-refractivity contribution in [3.63, 3.8) is 0 Å². The summed E-state index contributed by atoms with van der Waals surface area (Å²) < 4.78 is 16.8. The van der Waals surface area contributed by atoms with Crippen LogP contribution in [0.1, 0.15) is 323 Å². The van der Waals surface area contributed by atoms with E-state index in [0.29, 0.717) is 19.3 Å². The van der Waals surface area contributed by atoms with E-state index in [1.165, 1.54) is 173 Å². The molecular formula is C70H122O6. The van der Waals surface area contributed by atoms with Crippen LogP contribution in [-0.4, -0.2) is 37.2 Å². The molecule has 6 heteroatoms. The van der Waals surface area contributed by atoms with Gasteiger partial charge in [-0.3, -0.25) is 14.4 Å². The van der Waals surface area contributed by atoms with Crippen LogP contribution in [0.3, 0.4) is 0 Å². The summed E-state index contributed by atoms with van der Waals surface area (Å²) in [6.07, 6.45) is 84.8. The second-order valence-electron chi connectivity index (χ2n) is 21.6. The lowest BCUT2D eigenvalue weighted by Gasteiger charge is -2.18. The van der Waals surface area contributed by atoms with Crippen LogP contribution in [0.4, 0.5) is 0 Å². The maximum Gasteiger partial charge on any atom is 0.306 e. The van der Waals surface area contributed by atoms with Gasteiger partial charge in [0.15, 0.2) is 6.10 Å². The van der Waals surface area contributed by atoms with Crippen LogP contribution in [-0.2, 0) is 28.6 Å². The molecule has 0 N–H and O–H groups in total. The molecule has 1 unspecified atom stereocenters. The summed E-state index contributed by atoms with van der Waals surface area (Å²) in [6.45, 7) is 6.49. The zero-order valence-corrected chi connectivity index (χ0v) is 50.3. The Kier molecular flexibility index (Phi) is 61.2. The van der Waals surface area contributed by atoms with Gasteiger partial charge in [-0.15, -0.1) is 0 Å². The normalized spacial score (nSPS) is 12.6. The molecule has 0 saturated heterocycles. The van der Waals surface area contributed by atoms with Crippen LogP contribution in [0.2, 0.25) is 0 Å². The molecule has 0 aromatic heterocycles. The lowest BCUT2D eigenvalue weighted by atomic mass is 10.0. The van der Waals surface area contributed by atoms with Crippen molar-refractivity contribution in [2.75, 3.05) is 13.2 Å². The number of ether oxygens (including phenoxy) is 3. The molecule has 0 spiro atoms. The zero-order chi connectivity index (χ0) is 55.0. The molecule has 0 amide bonds. The van der Waals surface area contributed by atoms with Crippen LogP contribution in [0, 0.1) is 0 Å². The fraction of sp³-hybridized carbons (Fsp3) is 0.757. The number of esters is 3. The number of rotatable bonds is 59. The number of unbranched alkanes of at least 4 members (excludes halogenated alkanes) is 34. The molecule has 1 atom stereocenters. The highest BCUT2D eigenvalue weighted by Crippen LogP contribution is 2.17. The van der Waals surface area contributed by atoms with Gasteiger partial charge in [0.2, 0.25) is 0 Å². The number of allylic oxidation sites excluding steroid dienone is 14. The molecule has 76 heavy (non-hydrogen) atoms. The van der Waals surface area contributed by atoms with Gasteiger partial charge in [0.25, 0.3) is 0 Å². The number of carbonyl (C=O) groups excluding carboxylic acids is 3. The Morgan fingerprint density at radius 1 is 0.276 bits per heavy atom. The summed E-state index contributed by atoms with van der Waals surface area (Å²) in [6, 6.07) is 0. The third-order valence-corrected chi connectivity index (χ3v) is 14.1. The number of hydrogen-bond acceptors (Lipinski definition) is 6. The lowest BCUT2D eigenvalue weighted by Crippen LogP contribution is -2.30. The highest BCUT2D eigenvalue weighted by atomic mass is 16.6. The molecule has 0 rings (SSSR count). The Morgan fingerprint density at radius 3 is 0.803 bits per heavy atom. The van der Waals surface area contributed by atoms with Crippen LogP contribution < -0.4 is 0 Å². The Balaban J connectivity index is 4.07. The molecule has 0 fully saturated rings. The molecule has 0 aliphatic rings. The summed E-state index contributed by atoms with van der Waals surface area (Å²) in [5, 5.41) is 0. The van der Waals surface area contributed by atoms with E-state index in [0.717, 1.165) is 109 Å². The fourth-order valence-electron chi connectivity index (χ4n) is 9.27. The van der Waals surface area contributed by atoms with Crippen molar-refractivity contribution in [3.05, 3.63) is 85.1 Å². The molecule has 0 aromatic rings. The van der Waals surface area contributed by atoms with Gasteiger partial charge in [-0.2, -0.15) is 0 Å². The Hall–Kier alpha value is -3.41. The zero-order valence-electron chi connectivity index (χ0n) is 50.3. The van der Waals surface area contributed by atoms with Gasteiger partial charge < -0.3 is 14.2 Å². The van der Waals surface area contributed by atoms with E-state index < -0.39 is 6.10 Å². The van der Waals surface area contributed by atoms with Crippen molar-refractivity contribution in [3.8, 4) is 0 Å². The second kappa shape index (κ2) is 64.1. The largest absolute Gasteiger partial charge is 0.462 e. The maximum atomic E-state index is 12.8. The molecule has 0 bridgehead atoms.